The van der Waals surface area contributed by atoms with Crippen LogP contribution in [-0.2, 0) is 6.54 Å². The molecule has 0 aliphatic heterocycles. The molecule has 0 spiro atoms. The zero-order valence-electron chi connectivity index (χ0n) is 17.0. The van der Waals surface area contributed by atoms with Crippen LogP contribution in [0.1, 0.15) is 5.69 Å². The minimum atomic E-state index is -0.0771. The zero-order chi connectivity index (χ0) is 21.5. The minimum Gasteiger partial charge on any atom is -0.304 e. The predicted octanol–water partition coefficient (Wildman–Crippen LogP) is 5.38. The molecule has 0 amide bonds. The maximum Gasteiger partial charge on any atom is 0.275 e. The van der Waals surface area contributed by atoms with Gasteiger partial charge in [-0.1, -0.05) is 29.8 Å². The first-order valence-electron chi connectivity index (χ1n) is 9.80. The van der Waals surface area contributed by atoms with Crippen molar-refractivity contribution in [3.63, 3.8) is 0 Å². The highest BCUT2D eigenvalue weighted by Crippen LogP contribution is 2.31. The van der Waals surface area contributed by atoms with Gasteiger partial charge in [0, 0.05) is 21.8 Å². The average Bonchev–Trinajstić information content (AvgIpc) is 3.19. The Morgan fingerprint density at radius 1 is 1.00 bits per heavy atom. The molecular weight excluding hydrogens is 428 g/mol. The number of pyridine rings is 1. The second-order valence-electron chi connectivity index (χ2n) is 7.67. The molecule has 0 atom stereocenters. The monoisotopic (exact) mass is 446 g/mol. The second kappa shape index (κ2) is 7.89. The van der Waals surface area contributed by atoms with Crippen LogP contribution in [0, 0.1) is 0 Å². The molecule has 0 aliphatic carbocycles. The number of fused-ring (bicyclic) bond motifs is 2. The number of hydrogen-bond donors (Lipinski definition) is 0. The number of aromatic nitrogens is 3. The van der Waals surface area contributed by atoms with Gasteiger partial charge in [0.05, 0.1) is 22.4 Å². The Kier molecular flexibility index (Phi) is 5.06. The molecule has 5 rings (SSSR count). The van der Waals surface area contributed by atoms with Crippen molar-refractivity contribution in [1.29, 1.82) is 0 Å². The molecule has 2 aromatic carbocycles. The lowest BCUT2D eigenvalue weighted by Crippen LogP contribution is -2.17. The van der Waals surface area contributed by atoms with Gasteiger partial charge in [-0.25, -0.2) is 4.98 Å². The summed E-state index contributed by atoms with van der Waals surface area (Å²) in [7, 11) is 4.04. The molecule has 7 heteroatoms. The van der Waals surface area contributed by atoms with E-state index >= 15 is 0 Å². The first-order chi connectivity index (χ1) is 15.0. The molecule has 0 N–H and O–H groups in total. The maximum absolute atomic E-state index is 13.2. The summed E-state index contributed by atoms with van der Waals surface area (Å²) < 4.78 is 2.23. The Labute approximate surface area is 188 Å². The molecule has 5 aromatic rings. The molecular formula is C24H19ClN4OS. The smallest absolute Gasteiger partial charge is 0.275 e. The van der Waals surface area contributed by atoms with Crippen LogP contribution < -0.4 is 5.56 Å². The molecule has 0 aliphatic rings. The molecule has 0 saturated carbocycles. The van der Waals surface area contributed by atoms with E-state index in [-0.39, 0.29) is 5.56 Å². The van der Waals surface area contributed by atoms with Crippen molar-refractivity contribution < 1.29 is 0 Å². The fraction of sp³-hybridized carbons (Fsp3) is 0.125. The van der Waals surface area contributed by atoms with E-state index < -0.39 is 0 Å². The van der Waals surface area contributed by atoms with Crippen LogP contribution in [0.5, 0.6) is 0 Å². The van der Waals surface area contributed by atoms with Gasteiger partial charge in [-0.2, -0.15) is 0 Å². The van der Waals surface area contributed by atoms with E-state index in [4.69, 9.17) is 16.6 Å². The zero-order valence-corrected chi connectivity index (χ0v) is 18.6. The fourth-order valence-corrected chi connectivity index (χ4v) is 4.74. The molecule has 0 unspecified atom stereocenters. The summed E-state index contributed by atoms with van der Waals surface area (Å²) in [6.45, 7) is 0.784. The fourth-order valence-electron chi connectivity index (χ4n) is 3.57. The summed E-state index contributed by atoms with van der Waals surface area (Å²) in [4.78, 5) is 25.6. The van der Waals surface area contributed by atoms with E-state index in [0.717, 1.165) is 39.3 Å². The Morgan fingerprint density at radius 2 is 1.81 bits per heavy atom. The molecule has 0 radical (unpaired) electrons. The summed E-state index contributed by atoms with van der Waals surface area (Å²) in [5, 5.41) is 1.67. The lowest BCUT2D eigenvalue weighted by Gasteiger charge is -2.10. The van der Waals surface area contributed by atoms with Crippen LogP contribution in [0.2, 0.25) is 5.02 Å². The Bertz CT molecular complexity index is 1470. The molecule has 3 heterocycles. The number of halogens is 1. The molecule has 154 valence electrons. The van der Waals surface area contributed by atoms with Crippen molar-refractivity contribution in [2.75, 3.05) is 14.1 Å². The van der Waals surface area contributed by atoms with Crippen molar-refractivity contribution in [1.82, 2.24) is 19.4 Å². The first-order valence-corrected chi connectivity index (χ1v) is 11.0. The predicted molar refractivity (Wildman–Crippen MR) is 128 cm³/mol. The molecule has 0 saturated heterocycles. The van der Waals surface area contributed by atoms with Crippen molar-refractivity contribution >= 4 is 44.1 Å². The van der Waals surface area contributed by atoms with Crippen LogP contribution >= 0.6 is 22.9 Å². The van der Waals surface area contributed by atoms with E-state index in [0.29, 0.717) is 15.2 Å². The lowest BCUT2D eigenvalue weighted by atomic mass is 10.1. The third-order valence-electron chi connectivity index (χ3n) is 5.05. The minimum absolute atomic E-state index is 0.0771. The van der Waals surface area contributed by atoms with E-state index in [1.54, 1.807) is 10.9 Å². The molecule has 5 nitrogen and oxygen atoms in total. The highest BCUT2D eigenvalue weighted by Gasteiger charge is 2.12. The summed E-state index contributed by atoms with van der Waals surface area (Å²) in [5.41, 5.74) is 4.34. The van der Waals surface area contributed by atoms with Crippen molar-refractivity contribution in [3.8, 4) is 16.1 Å². The number of benzene rings is 2. The van der Waals surface area contributed by atoms with Crippen molar-refractivity contribution in [3.05, 3.63) is 88.1 Å². The van der Waals surface area contributed by atoms with Crippen LogP contribution in [0.15, 0.2) is 71.8 Å². The standard InChI is InChI=1S/C24H19ClN4OS/c1-28(2)13-18-8-5-16-11-19(9-10-20(16)27-18)29-14-26-21-12-22(31-23(21)24(29)30)15-3-6-17(25)7-4-15/h3-12,14H,13H2,1-2H3. The van der Waals surface area contributed by atoms with Gasteiger partial charge in [0.25, 0.3) is 5.56 Å². The Morgan fingerprint density at radius 3 is 2.58 bits per heavy atom. The van der Waals surface area contributed by atoms with Gasteiger partial charge >= 0.3 is 0 Å². The SMILES string of the molecule is CN(C)Cc1ccc2cc(-n3cnc4cc(-c5ccc(Cl)cc5)sc4c3=O)ccc2n1. The number of nitrogens with zero attached hydrogens (tertiary/aromatic N) is 4. The van der Waals surface area contributed by atoms with E-state index in [1.165, 1.54) is 11.3 Å². The Hall–Kier alpha value is -3.06. The summed E-state index contributed by atoms with van der Waals surface area (Å²) in [5.74, 6) is 0. The third kappa shape index (κ3) is 3.85. The van der Waals surface area contributed by atoms with Gasteiger partial charge in [0.1, 0.15) is 11.0 Å². The quantitative estimate of drug-likeness (QED) is 0.372. The average molecular weight is 447 g/mol. The van der Waals surface area contributed by atoms with Gasteiger partial charge in [-0.15, -0.1) is 11.3 Å². The van der Waals surface area contributed by atoms with Crippen molar-refractivity contribution in [2.45, 2.75) is 6.54 Å². The summed E-state index contributed by atoms with van der Waals surface area (Å²) in [6, 6.07) is 19.5. The largest absolute Gasteiger partial charge is 0.304 e. The highest BCUT2D eigenvalue weighted by molar-refractivity contribution is 7.22. The second-order valence-corrected chi connectivity index (χ2v) is 9.16. The highest BCUT2D eigenvalue weighted by atomic mass is 35.5. The Balaban J connectivity index is 1.56. The lowest BCUT2D eigenvalue weighted by molar-refractivity contribution is 0.397. The van der Waals surface area contributed by atoms with Gasteiger partial charge in [-0.3, -0.25) is 14.3 Å². The number of rotatable bonds is 4. The van der Waals surface area contributed by atoms with Crippen molar-refractivity contribution in [2.24, 2.45) is 0 Å². The molecule has 0 fully saturated rings. The normalized spacial score (nSPS) is 11.6. The molecule has 3 aromatic heterocycles. The van der Waals surface area contributed by atoms with E-state index in [9.17, 15) is 4.79 Å². The van der Waals surface area contributed by atoms with Gasteiger partial charge in [0.15, 0.2) is 0 Å². The van der Waals surface area contributed by atoms with Crippen LogP contribution in [0.4, 0.5) is 0 Å². The van der Waals surface area contributed by atoms with Gasteiger partial charge < -0.3 is 4.90 Å². The summed E-state index contributed by atoms with van der Waals surface area (Å²) >= 11 is 7.44. The van der Waals surface area contributed by atoms with Crippen LogP contribution in [-0.4, -0.2) is 33.5 Å². The third-order valence-corrected chi connectivity index (χ3v) is 6.47. The van der Waals surface area contributed by atoms with Crippen LogP contribution in [0.25, 0.3) is 37.2 Å². The van der Waals surface area contributed by atoms with E-state index in [2.05, 4.69) is 9.88 Å². The first kappa shape index (κ1) is 19.9. The summed E-state index contributed by atoms with van der Waals surface area (Å²) in [6.07, 6.45) is 1.60. The number of thiophene rings is 1. The molecule has 31 heavy (non-hydrogen) atoms. The van der Waals surface area contributed by atoms with Gasteiger partial charge in [-0.05, 0) is 62.1 Å². The van der Waals surface area contributed by atoms with Crippen LogP contribution in [0.3, 0.4) is 0 Å². The van der Waals surface area contributed by atoms with Gasteiger partial charge in [0.2, 0.25) is 0 Å². The topological polar surface area (TPSA) is 51.0 Å². The molecule has 0 bridgehead atoms. The number of hydrogen-bond acceptors (Lipinski definition) is 5. The van der Waals surface area contributed by atoms with E-state index in [1.807, 2.05) is 74.8 Å². The maximum atomic E-state index is 13.2.